The van der Waals surface area contributed by atoms with E-state index in [4.69, 9.17) is 11.6 Å². The molecule has 2 N–H and O–H groups in total. The van der Waals surface area contributed by atoms with Gasteiger partial charge in [-0.05, 0) is 17.7 Å². The molecule has 0 fully saturated rings. The van der Waals surface area contributed by atoms with Crippen LogP contribution in [-0.2, 0) is 6.54 Å². The van der Waals surface area contributed by atoms with Gasteiger partial charge in [0.2, 0.25) is 0 Å². The predicted octanol–water partition coefficient (Wildman–Crippen LogP) is 3.11. The highest BCUT2D eigenvalue weighted by atomic mass is 35.5. The van der Waals surface area contributed by atoms with Gasteiger partial charge in [0.15, 0.2) is 5.13 Å². The molecule has 0 unspecified atom stereocenters. The molecule has 5 heteroatoms. The van der Waals surface area contributed by atoms with Crippen LogP contribution < -0.4 is 5.32 Å². The number of thiazole rings is 1. The Morgan fingerprint density at radius 1 is 1.47 bits per heavy atom. The van der Waals surface area contributed by atoms with Crippen LogP contribution >= 0.6 is 22.9 Å². The minimum Gasteiger partial charge on any atom is -0.506 e. The molecule has 0 radical (unpaired) electrons. The molecule has 0 aliphatic rings. The number of hydrogen-bond acceptors (Lipinski definition) is 4. The number of rotatable bonds is 3. The second kappa shape index (κ2) is 4.51. The van der Waals surface area contributed by atoms with Gasteiger partial charge in [-0.25, -0.2) is 4.98 Å². The van der Waals surface area contributed by atoms with Crippen molar-refractivity contribution in [1.29, 1.82) is 0 Å². The highest BCUT2D eigenvalue weighted by Gasteiger charge is 2.00. The molecular formula is C10H9ClN2OS. The van der Waals surface area contributed by atoms with Crippen LogP contribution in [0.2, 0.25) is 5.02 Å². The molecule has 78 valence electrons. The number of aromatic hydroxyl groups is 1. The molecule has 0 aliphatic carbocycles. The van der Waals surface area contributed by atoms with Gasteiger partial charge in [0.05, 0.1) is 5.02 Å². The van der Waals surface area contributed by atoms with Crippen molar-refractivity contribution in [2.45, 2.75) is 6.54 Å². The van der Waals surface area contributed by atoms with Crippen molar-refractivity contribution < 1.29 is 5.11 Å². The number of aromatic nitrogens is 1. The molecule has 3 nitrogen and oxygen atoms in total. The van der Waals surface area contributed by atoms with Crippen molar-refractivity contribution in [2.24, 2.45) is 0 Å². The molecule has 0 saturated heterocycles. The van der Waals surface area contributed by atoms with Gasteiger partial charge in [0.25, 0.3) is 0 Å². The maximum Gasteiger partial charge on any atom is 0.182 e. The molecule has 0 bridgehead atoms. The van der Waals surface area contributed by atoms with Gasteiger partial charge in [-0.2, -0.15) is 0 Å². The Morgan fingerprint density at radius 2 is 2.33 bits per heavy atom. The summed E-state index contributed by atoms with van der Waals surface area (Å²) < 4.78 is 0. The number of phenols is 1. The van der Waals surface area contributed by atoms with E-state index in [0.717, 1.165) is 10.7 Å². The van der Waals surface area contributed by atoms with Crippen LogP contribution in [-0.4, -0.2) is 10.1 Å². The summed E-state index contributed by atoms with van der Waals surface area (Å²) in [4.78, 5) is 4.10. The van der Waals surface area contributed by atoms with Gasteiger partial charge in [-0.1, -0.05) is 17.7 Å². The molecule has 1 aromatic carbocycles. The summed E-state index contributed by atoms with van der Waals surface area (Å²) in [6.45, 7) is 0.646. The number of benzene rings is 1. The predicted molar refractivity (Wildman–Crippen MR) is 62.6 cm³/mol. The van der Waals surface area contributed by atoms with Crippen molar-refractivity contribution in [3.8, 4) is 5.75 Å². The molecule has 0 atom stereocenters. The van der Waals surface area contributed by atoms with Crippen LogP contribution in [0.3, 0.4) is 0 Å². The average molecular weight is 241 g/mol. The zero-order chi connectivity index (χ0) is 10.7. The quantitative estimate of drug-likeness (QED) is 0.867. The zero-order valence-electron chi connectivity index (χ0n) is 7.77. The van der Waals surface area contributed by atoms with Crippen LogP contribution in [0.25, 0.3) is 0 Å². The van der Waals surface area contributed by atoms with E-state index in [2.05, 4.69) is 10.3 Å². The normalized spacial score (nSPS) is 10.2. The van der Waals surface area contributed by atoms with Crippen molar-refractivity contribution in [2.75, 3.05) is 5.32 Å². The molecule has 1 heterocycles. The zero-order valence-corrected chi connectivity index (χ0v) is 9.35. The van der Waals surface area contributed by atoms with E-state index in [1.165, 1.54) is 0 Å². The molecule has 0 spiro atoms. The smallest absolute Gasteiger partial charge is 0.182 e. The third-order valence-corrected chi connectivity index (χ3v) is 2.92. The monoisotopic (exact) mass is 240 g/mol. The number of nitrogens with one attached hydrogen (secondary N) is 1. The van der Waals surface area contributed by atoms with Gasteiger partial charge >= 0.3 is 0 Å². The van der Waals surface area contributed by atoms with Gasteiger partial charge in [0, 0.05) is 18.1 Å². The Labute approximate surface area is 96.4 Å². The second-order valence-corrected chi connectivity index (χ2v) is 4.28. The van der Waals surface area contributed by atoms with E-state index in [1.807, 2.05) is 11.4 Å². The fourth-order valence-electron chi connectivity index (χ4n) is 1.15. The summed E-state index contributed by atoms with van der Waals surface area (Å²) in [5.74, 6) is 0.106. The van der Waals surface area contributed by atoms with Crippen molar-refractivity contribution in [3.63, 3.8) is 0 Å². The first kappa shape index (κ1) is 10.3. The minimum atomic E-state index is 0.106. The number of nitrogens with zero attached hydrogens (tertiary/aromatic N) is 1. The van der Waals surface area contributed by atoms with Gasteiger partial charge < -0.3 is 10.4 Å². The minimum absolute atomic E-state index is 0.106. The second-order valence-electron chi connectivity index (χ2n) is 2.98. The van der Waals surface area contributed by atoms with Crippen LogP contribution in [0.5, 0.6) is 5.75 Å². The van der Waals surface area contributed by atoms with Crippen LogP contribution in [0.15, 0.2) is 29.8 Å². The molecule has 0 saturated carbocycles. The first-order valence-electron chi connectivity index (χ1n) is 4.36. The lowest BCUT2D eigenvalue weighted by Crippen LogP contribution is -1.98. The van der Waals surface area contributed by atoms with E-state index in [0.29, 0.717) is 11.6 Å². The largest absolute Gasteiger partial charge is 0.506 e. The fourth-order valence-corrected chi connectivity index (χ4v) is 1.88. The molecule has 2 aromatic rings. The van der Waals surface area contributed by atoms with Gasteiger partial charge in [-0.15, -0.1) is 11.3 Å². The lowest BCUT2D eigenvalue weighted by atomic mass is 10.2. The highest BCUT2D eigenvalue weighted by Crippen LogP contribution is 2.24. The van der Waals surface area contributed by atoms with E-state index in [-0.39, 0.29) is 5.75 Å². The Balaban J connectivity index is 2.02. The maximum atomic E-state index is 9.23. The Morgan fingerprint density at radius 3 is 3.00 bits per heavy atom. The molecular weight excluding hydrogens is 232 g/mol. The van der Waals surface area contributed by atoms with Gasteiger partial charge in [-0.3, -0.25) is 0 Å². The first-order valence-corrected chi connectivity index (χ1v) is 5.62. The lowest BCUT2D eigenvalue weighted by molar-refractivity contribution is 0.475. The van der Waals surface area contributed by atoms with E-state index in [9.17, 15) is 5.11 Å². The number of anilines is 1. The van der Waals surface area contributed by atoms with E-state index < -0.39 is 0 Å². The molecule has 1 aromatic heterocycles. The van der Waals surface area contributed by atoms with Crippen LogP contribution in [0.1, 0.15) is 5.56 Å². The molecule has 0 amide bonds. The fraction of sp³-hybridized carbons (Fsp3) is 0.100. The number of hydrogen-bond donors (Lipinski definition) is 2. The summed E-state index contributed by atoms with van der Waals surface area (Å²) in [6.07, 6.45) is 1.75. The van der Waals surface area contributed by atoms with E-state index >= 15 is 0 Å². The average Bonchev–Trinajstić information content (AvgIpc) is 2.73. The van der Waals surface area contributed by atoms with Crippen molar-refractivity contribution in [3.05, 3.63) is 40.4 Å². The Hall–Kier alpha value is -1.26. The first-order chi connectivity index (χ1) is 7.25. The summed E-state index contributed by atoms with van der Waals surface area (Å²) in [5.41, 5.74) is 1.01. The molecule has 0 aliphatic heterocycles. The van der Waals surface area contributed by atoms with Crippen LogP contribution in [0.4, 0.5) is 5.13 Å². The lowest BCUT2D eigenvalue weighted by Gasteiger charge is -2.04. The molecule has 2 rings (SSSR count). The standard InChI is InChI=1S/C10H9ClN2OS/c11-8-5-7(1-2-9(8)14)6-13-10-12-3-4-15-10/h1-5,14H,6H2,(H,12,13). The molecule has 15 heavy (non-hydrogen) atoms. The van der Waals surface area contributed by atoms with Gasteiger partial charge in [0.1, 0.15) is 5.75 Å². The summed E-state index contributed by atoms with van der Waals surface area (Å²) >= 11 is 7.33. The summed E-state index contributed by atoms with van der Waals surface area (Å²) in [7, 11) is 0. The highest BCUT2D eigenvalue weighted by molar-refractivity contribution is 7.13. The Bertz CT molecular complexity index is 445. The third-order valence-electron chi connectivity index (χ3n) is 1.89. The Kier molecular flexibility index (Phi) is 3.08. The van der Waals surface area contributed by atoms with Crippen LogP contribution in [0, 0.1) is 0 Å². The SMILES string of the molecule is Oc1ccc(CNc2nccs2)cc1Cl. The number of halogens is 1. The van der Waals surface area contributed by atoms with Crippen molar-refractivity contribution in [1.82, 2.24) is 4.98 Å². The number of phenolic OH excluding ortho intramolecular Hbond substituents is 1. The van der Waals surface area contributed by atoms with E-state index in [1.54, 1.807) is 29.7 Å². The maximum absolute atomic E-state index is 9.23. The summed E-state index contributed by atoms with van der Waals surface area (Å²) in [5, 5.41) is 15.5. The topological polar surface area (TPSA) is 45.1 Å². The van der Waals surface area contributed by atoms with Crippen molar-refractivity contribution >= 4 is 28.1 Å². The summed E-state index contributed by atoms with van der Waals surface area (Å²) in [6, 6.07) is 5.14. The third kappa shape index (κ3) is 2.61.